The number of aryl methyl sites for hydroxylation is 1. The SMILES string of the molecule is CCCCCCCCc1ccc(Sc2cccc3c2C(=O)c2cccc(Sc4ccc(OCc5ccc(C(C)C)cc5)cc4)c2C3=O)cc1. The van der Waals surface area contributed by atoms with Crippen molar-refractivity contribution in [3.8, 4) is 5.75 Å². The van der Waals surface area contributed by atoms with Crippen LogP contribution in [0.3, 0.4) is 0 Å². The van der Waals surface area contributed by atoms with Crippen LogP contribution in [-0.2, 0) is 13.0 Å². The molecule has 49 heavy (non-hydrogen) atoms. The third kappa shape index (κ3) is 8.57. The topological polar surface area (TPSA) is 43.4 Å². The lowest BCUT2D eigenvalue weighted by molar-refractivity contribution is 0.0974. The van der Waals surface area contributed by atoms with E-state index in [1.54, 1.807) is 23.9 Å². The summed E-state index contributed by atoms with van der Waals surface area (Å²) >= 11 is 3.05. The predicted octanol–water partition coefficient (Wildman–Crippen LogP) is 12.4. The van der Waals surface area contributed by atoms with Crippen LogP contribution in [0.15, 0.2) is 129 Å². The molecule has 3 nitrogen and oxygen atoms in total. The molecule has 250 valence electrons. The van der Waals surface area contributed by atoms with Crippen LogP contribution in [0.2, 0.25) is 0 Å². The highest BCUT2D eigenvalue weighted by molar-refractivity contribution is 7.99. The van der Waals surface area contributed by atoms with Gasteiger partial charge in [0.15, 0.2) is 11.6 Å². The van der Waals surface area contributed by atoms with E-state index >= 15 is 0 Å². The Labute approximate surface area is 299 Å². The maximum absolute atomic E-state index is 14.0. The largest absolute Gasteiger partial charge is 0.489 e. The van der Waals surface area contributed by atoms with Gasteiger partial charge in [0.25, 0.3) is 0 Å². The minimum Gasteiger partial charge on any atom is -0.489 e. The number of hydrogen-bond donors (Lipinski definition) is 0. The average molecular weight is 685 g/mol. The first-order valence-corrected chi connectivity index (χ1v) is 19.2. The monoisotopic (exact) mass is 684 g/mol. The lowest BCUT2D eigenvalue weighted by atomic mass is 9.84. The van der Waals surface area contributed by atoms with Crippen molar-refractivity contribution in [3.63, 3.8) is 0 Å². The lowest BCUT2D eigenvalue weighted by Gasteiger charge is -2.22. The number of carbonyl (C=O) groups excluding carboxylic acids is 2. The first-order valence-electron chi connectivity index (χ1n) is 17.5. The van der Waals surface area contributed by atoms with Crippen LogP contribution in [0.4, 0.5) is 0 Å². The minimum absolute atomic E-state index is 0.0972. The summed E-state index contributed by atoms with van der Waals surface area (Å²) in [5, 5.41) is 0. The molecule has 0 atom stereocenters. The summed E-state index contributed by atoms with van der Waals surface area (Å²) in [4.78, 5) is 31.7. The smallest absolute Gasteiger partial charge is 0.195 e. The third-order valence-corrected chi connectivity index (χ3v) is 11.2. The third-order valence-electron chi connectivity index (χ3n) is 9.07. The van der Waals surface area contributed by atoms with Crippen LogP contribution in [0, 0.1) is 0 Å². The number of rotatable bonds is 15. The summed E-state index contributed by atoms with van der Waals surface area (Å²) in [6.45, 7) is 7.13. The summed E-state index contributed by atoms with van der Waals surface area (Å²) < 4.78 is 6.04. The molecular weight excluding hydrogens is 641 g/mol. The number of unbranched alkanes of at least 4 members (excludes halogenated alkanes) is 5. The van der Waals surface area contributed by atoms with Crippen molar-refractivity contribution in [2.45, 2.75) is 97.8 Å². The van der Waals surface area contributed by atoms with Gasteiger partial charge in [-0.1, -0.05) is 137 Å². The van der Waals surface area contributed by atoms with E-state index in [4.69, 9.17) is 4.74 Å². The van der Waals surface area contributed by atoms with Crippen molar-refractivity contribution >= 4 is 35.1 Å². The van der Waals surface area contributed by atoms with Gasteiger partial charge >= 0.3 is 0 Å². The number of hydrogen-bond acceptors (Lipinski definition) is 5. The highest BCUT2D eigenvalue weighted by atomic mass is 32.2. The van der Waals surface area contributed by atoms with Crippen LogP contribution < -0.4 is 4.74 Å². The summed E-state index contributed by atoms with van der Waals surface area (Å²) in [5.41, 5.74) is 5.71. The highest BCUT2D eigenvalue weighted by Gasteiger charge is 2.33. The van der Waals surface area contributed by atoms with Crippen LogP contribution in [-0.4, -0.2) is 11.6 Å². The zero-order chi connectivity index (χ0) is 34.2. The molecule has 0 spiro atoms. The number of carbonyl (C=O) groups is 2. The molecule has 5 aromatic carbocycles. The molecule has 0 radical (unpaired) electrons. The van der Waals surface area contributed by atoms with Gasteiger partial charge in [-0.05, 0) is 84.0 Å². The number of benzene rings is 5. The molecule has 0 unspecified atom stereocenters. The fraction of sp³-hybridized carbons (Fsp3) is 0.273. The van der Waals surface area contributed by atoms with E-state index in [9.17, 15) is 9.59 Å². The maximum Gasteiger partial charge on any atom is 0.195 e. The molecule has 6 rings (SSSR count). The van der Waals surface area contributed by atoms with E-state index in [1.807, 2.05) is 48.5 Å². The summed E-state index contributed by atoms with van der Waals surface area (Å²) in [5.74, 6) is 1.08. The van der Waals surface area contributed by atoms with Crippen molar-refractivity contribution in [1.29, 1.82) is 0 Å². The minimum atomic E-state index is -0.104. The normalized spacial score (nSPS) is 12.2. The van der Waals surface area contributed by atoms with Gasteiger partial charge in [-0.25, -0.2) is 0 Å². The zero-order valence-electron chi connectivity index (χ0n) is 28.7. The van der Waals surface area contributed by atoms with Crippen molar-refractivity contribution in [2.24, 2.45) is 0 Å². The fourth-order valence-corrected chi connectivity index (χ4v) is 8.16. The van der Waals surface area contributed by atoms with Gasteiger partial charge < -0.3 is 4.74 Å². The van der Waals surface area contributed by atoms with E-state index in [0.29, 0.717) is 34.8 Å². The Morgan fingerprint density at radius 2 is 1.08 bits per heavy atom. The zero-order valence-corrected chi connectivity index (χ0v) is 30.3. The first-order chi connectivity index (χ1) is 23.9. The van der Waals surface area contributed by atoms with Crippen molar-refractivity contribution < 1.29 is 14.3 Å². The Balaban J connectivity index is 1.12. The molecule has 5 aromatic rings. The summed E-state index contributed by atoms with van der Waals surface area (Å²) in [6.07, 6.45) is 8.83. The molecule has 1 aliphatic carbocycles. The molecule has 0 aromatic heterocycles. The Morgan fingerprint density at radius 3 is 1.63 bits per heavy atom. The van der Waals surface area contributed by atoms with E-state index < -0.39 is 0 Å². The predicted molar refractivity (Wildman–Crippen MR) is 203 cm³/mol. The second-order valence-corrected chi connectivity index (χ2v) is 15.3. The summed E-state index contributed by atoms with van der Waals surface area (Å²) in [7, 11) is 0. The van der Waals surface area contributed by atoms with Gasteiger partial charge in [-0.2, -0.15) is 0 Å². The standard InChI is InChI=1S/C44H44O3S2/c1-4-5-6-7-8-9-12-31-19-25-35(26-20-31)48-39-15-10-13-37-41(39)43(45)38-14-11-16-40(42(38)44(37)46)49-36-27-23-34(24-28-36)47-29-32-17-21-33(22-18-32)30(2)3/h10-11,13-28,30H,4-9,12,29H2,1-3H3. The Bertz CT molecular complexity index is 1890. The van der Waals surface area contributed by atoms with Crippen LogP contribution >= 0.6 is 23.5 Å². The molecule has 1 aliphatic rings. The van der Waals surface area contributed by atoms with Gasteiger partial charge in [-0.3, -0.25) is 9.59 Å². The van der Waals surface area contributed by atoms with Crippen LogP contribution in [0.25, 0.3) is 0 Å². The molecule has 0 fully saturated rings. The molecule has 0 aliphatic heterocycles. The molecule has 0 amide bonds. The Hall–Kier alpha value is -4.06. The molecular formula is C44H44O3S2. The van der Waals surface area contributed by atoms with Gasteiger partial charge in [0.2, 0.25) is 0 Å². The van der Waals surface area contributed by atoms with Crippen LogP contribution in [0.5, 0.6) is 5.75 Å². The van der Waals surface area contributed by atoms with Gasteiger partial charge in [-0.15, -0.1) is 0 Å². The lowest BCUT2D eigenvalue weighted by Crippen LogP contribution is -2.22. The van der Waals surface area contributed by atoms with Crippen LogP contribution in [0.1, 0.15) is 114 Å². The number of fused-ring (bicyclic) bond motifs is 2. The number of ether oxygens (including phenoxy) is 1. The van der Waals surface area contributed by atoms with Gasteiger partial charge in [0, 0.05) is 41.8 Å². The van der Waals surface area contributed by atoms with Gasteiger partial charge in [0.1, 0.15) is 12.4 Å². The molecule has 5 heteroatoms. The van der Waals surface area contributed by atoms with E-state index in [2.05, 4.69) is 69.3 Å². The fourth-order valence-electron chi connectivity index (χ4n) is 6.21. The Kier molecular flexibility index (Phi) is 11.8. The molecule has 0 heterocycles. The molecule has 0 N–H and O–H groups in total. The first kappa shape index (κ1) is 34.8. The highest BCUT2D eigenvalue weighted by Crippen LogP contribution is 2.41. The second kappa shape index (κ2) is 16.6. The summed E-state index contributed by atoms with van der Waals surface area (Å²) in [6, 6.07) is 36.3. The molecule has 0 bridgehead atoms. The van der Waals surface area contributed by atoms with Crippen molar-refractivity contribution in [2.75, 3.05) is 0 Å². The number of ketones is 2. The van der Waals surface area contributed by atoms with Crippen molar-refractivity contribution in [1.82, 2.24) is 0 Å². The molecule has 0 saturated heterocycles. The Morgan fingerprint density at radius 1 is 0.571 bits per heavy atom. The second-order valence-electron chi connectivity index (χ2n) is 13.0. The quantitative estimate of drug-likeness (QED) is 0.101. The van der Waals surface area contributed by atoms with Gasteiger partial charge in [0.05, 0.1) is 0 Å². The average Bonchev–Trinajstić information content (AvgIpc) is 3.12. The van der Waals surface area contributed by atoms with E-state index in [1.165, 1.54) is 61.4 Å². The van der Waals surface area contributed by atoms with E-state index in [-0.39, 0.29) is 11.6 Å². The molecule has 0 saturated carbocycles. The van der Waals surface area contributed by atoms with E-state index in [0.717, 1.165) is 37.3 Å². The van der Waals surface area contributed by atoms with Crippen molar-refractivity contribution in [3.05, 3.63) is 148 Å². The maximum atomic E-state index is 14.0.